The summed E-state index contributed by atoms with van der Waals surface area (Å²) in [6, 6.07) is 16.4. The number of carbonyl (C=O) groups excluding carboxylic acids is 2. The number of carbonyl (C=O) groups is 2. The molecule has 2 aromatic carbocycles. The van der Waals surface area contributed by atoms with Gasteiger partial charge in [-0.2, -0.15) is 0 Å². The molecule has 0 aliphatic heterocycles. The van der Waals surface area contributed by atoms with Gasteiger partial charge >= 0.3 is 5.97 Å². The second-order valence-electron chi connectivity index (χ2n) is 6.13. The summed E-state index contributed by atoms with van der Waals surface area (Å²) in [6.45, 7) is 2.12. The van der Waals surface area contributed by atoms with Crippen LogP contribution in [0.15, 0.2) is 65.1 Å². The molecule has 0 saturated heterocycles. The summed E-state index contributed by atoms with van der Waals surface area (Å²) in [5, 5.41) is 2.76. The molecular weight excluding hydrogens is 361 g/mol. The van der Waals surface area contributed by atoms with Crippen LogP contribution in [-0.2, 0) is 16.0 Å². The van der Waals surface area contributed by atoms with Crippen molar-refractivity contribution in [1.82, 2.24) is 0 Å². The third-order valence-corrected chi connectivity index (χ3v) is 4.05. The van der Waals surface area contributed by atoms with E-state index in [1.165, 1.54) is 12.1 Å². The summed E-state index contributed by atoms with van der Waals surface area (Å²) in [4.78, 5) is 23.9. The predicted molar refractivity (Wildman–Crippen MR) is 103 cm³/mol. The fourth-order valence-corrected chi connectivity index (χ4v) is 2.73. The molecule has 0 fully saturated rings. The molecule has 0 bridgehead atoms. The van der Waals surface area contributed by atoms with Gasteiger partial charge in [-0.1, -0.05) is 24.3 Å². The van der Waals surface area contributed by atoms with Crippen molar-refractivity contribution in [2.24, 2.45) is 0 Å². The third kappa shape index (κ3) is 5.07. The molecule has 0 radical (unpaired) electrons. The molecule has 5 nitrogen and oxygen atoms in total. The number of nitrogens with one attached hydrogen (secondary N) is 1. The number of ether oxygens (including phenoxy) is 1. The van der Waals surface area contributed by atoms with Crippen LogP contribution in [0.1, 0.15) is 29.5 Å². The minimum Gasteiger partial charge on any atom is -0.466 e. The first-order valence-corrected chi connectivity index (χ1v) is 8.97. The van der Waals surface area contributed by atoms with E-state index >= 15 is 0 Å². The standard InChI is InChI=1S/C22H20FNO4/c1-2-27-21(25)12-9-15-5-3-8-18(13-15)24-22(26)20-11-10-19(28-20)16-6-4-7-17(23)14-16/h3-8,10-11,13-14H,2,9,12H2,1H3,(H,24,26). The molecule has 1 aromatic heterocycles. The number of hydrogen-bond donors (Lipinski definition) is 1. The Morgan fingerprint density at radius 1 is 1.07 bits per heavy atom. The Bertz CT molecular complexity index is 980. The summed E-state index contributed by atoms with van der Waals surface area (Å²) in [6.07, 6.45) is 0.799. The smallest absolute Gasteiger partial charge is 0.306 e. The van der Waals surface area contributed by atoms with Gasteiger partial charge in [-0.25, -0.2) is 4.39 Å². The largest absolute Gasteiger partial charge is 0.466 e. The molecule has 3 rings (SSSR count). The zero-order chi connectivity index (χ0) is 19.9. The minimum atomic E-state index is -0.412. The van der Waals surface area contributed by atoms with Crippen molar-refractivity contribution in [2.45, 2.75) is 19.8 Å². The lowest BCUT2D eigenvalue weighted by Crippen LogP contribution is -2.11. The topological polar surface area (TPSA) is 68.5 Å². The molecular formula is C22H20FNO4. The van der Waals surface area contributed by atoms with E-state index in [1.54, 1.807) is 49.4 Å². The maximum atomic E-state index is 13.3. The molecule has 1 N–H and O–H groups in total. The van der Waals surface area contributed by atoms with Gasteiger partial charge in [0, 0.05) is 17.7 Å². The summed E-state index contributed by atoms with van der Waals surface area (Å²) in [7, 11) is 0. The van der Waals surface area contributed by atoms with Crippen LogP contribution in [0.5, 0.6) is 0 Å². The van der Waals surface area contributed by atoms with Crippen LogP contribution in [0.4, 0.5) is 10.1 Å². The van der Waals surface area contributed by atoms with Crippen LogP contribution in [0.3, 0.4) is 0 Å². The molecule has 0 spiro atoms. The molecule has 1 amide bonds. The Hall–Kier alpha value is -3.41. The maximum Gasteiger partial charge on any atom is 0.306 e. The highest BCUT2D eigenvalue weighted by Crippen LogP contribution is 2.23. The first-order chi connectivity index (χ1) is 13.5. The predicted octanol–water partition coefficient (Wildman–Crippen LogP) is 4.83. The van der Waals surface area contributed by atoms with Gasteiger partial charge in [0.1, 0.15) is 11.6 Å². The van der Waals surface area contributed by atoms with E-state index in [4.69, 9.17) is 9.15 Å². The lowest BCUT2D eigenvalue weighted by Gasteiger charge is -2.07. The fraction of sp³-hybridized carbons (Fsp3) is 0.182. The highest BCUT2D eigenvalue weighted by molar-refractivity contribution is 6.02. The van der Waals surface area contributed by atoms with Crippen LogP contribution in [0.25, 0.3) is 11.3 Å². The van der Waals surface area contributed by atoms with Gasteiger partial charge in [-0.05, 0) is 55.3 Å². The number of amides is 1. The van der Waals surface area contributed by atoms with Crippen LogP contribution >= 0.6 is 0 Å². The fourth-order valence-electron chi connectivity index (χ4n) is 2.73. The molecule has 144 valence electrons. The molecule has 1 heterocycles. The van der Waals surface area contributed by atoms with Crippen molar-refractivity contribution in [1.29, 1.82) is 0 Å². The number of furan rings is 1. The summed E-state index contributed by atoms with van der Waals surface area (Å²) >= 11 is 0. The summed E-state index contributed by atoms with van der Waals surface area (Å²) in [5.74, 6) is -0.508. The Kier molecular flexibility index (Phi) is 6.22. The van der Waals surface area contributed by atoms with Crippen molar-refractivity contribution in [2.75, 3.05) is 11.9 Å². The van der Waals surface area contributed by atoms with E-state index in [0.717, 1.165) is 5.56 Å². The minimum absolute atomic E-state index is 0.121. The van der Waals surface area contributed by atoms with Crippen LogP contribution in [0.2, 0.25) is 0 Å². The lowest BCUT2D eigenvalue weighted by molar-refractivity contribution is -0.143. The number of esters is 1. The Balaban J connectivity index is 1.65. The van der Waals surface area contributed by atoms with Gasteiger partial charge in [0.2, 0.25) is 0 Å². The van der Waals surface area contributed by atoms with Crippen LogP contribution in [-0.4, -0.2) is 18.5 Å². The molecule has 0 aliphatic rings. The summed E-state index contributed by atoms with van der Waals surface area (Å²) < 4.78 is 23.8. The highest BCUT2D eigenvalue weighted by Gasteiger charge is 2.13. The second kappa shape index (κ2) is 8.99. The van der Waals surface area contributed by atoms with E-state index in [9.17, 15) is 14.0 Å². The molecule has 0 aliphatic carbocycles. The number of rotatable bonds is 7. The van der Waals surface area contributed by atoms with Crippen molar-refractivity contribution in [3.8, 4) is 11.3 Å². The van der Waals surface area contributed by atoms with Gasteiger partial charge in [-0.15, -0.1) is 0 Å². The Labute approximate surface area is 162 Å². The quantitative estimate of drug-likeness (QED) is 0.595. The van der Waals surface area contributed by atoms with Crippen LogP contribution in [0, 0.1) is 5.82 Å². The molecule has 28 heavy (non-hydrogen) atoms. The number of benzene rings is 2. The highest BCUT2D eigenvalue weighted by atomic mass is 19.1. The number of anilines is 1. The van der Waals surface area contributed by atoms with Crippen molar-refractivity contribution in [3.05, 3.63) is 77.8 Å². The van der Waals surface area contributed by atoms with Crippen molar-refractivity contribution < 1.29 is 23.1 Å². The van der Waals surface area contributed by atoms with Crippen molar-refractivity contribution in [3.63, 3.8) is 0 Å². The average Bonchev–Trinajstić information content (AvgIpc) is 3.17. The number of halogens is 1. The third-order valence-electron chi connectivity index (χ3n) is 4.05. The molecule has 3 aromatic rings. The molecule has 0 atom stereocenters. The summed E-state index contributed by atoms with van der Waals surface area (Å²) in [5.41, 5.74) is 2.06. The monoisotopic (exact) mass is 381 g/mol. The van der Waals surface area contributed by atoms with E-state index in [-0.39, 0.29) is 24.0 Å². The lowest BCUT2D eigenvalue weighted by atomic mass is 10.1. The maximum absolute atomic E-state index is 13.3. The molecule has 0 unspecified atom stereocenters. The number of aryl methyl sites for hydroxylation is 1. The van der Waals surface area contributed by atoms with Crippen LogP contribution < -0.4 is 5.32 Å². The van der Waals surface area contributed by atoms with Gasteiger partial charge in [0.15, 0.2) is 5.76 Å². The first kappa shape index (κ1) is 19.4. The van der Waals surface area contributed by atoms with E-state index in [1.807, 2.05) is 6.07 Å². The Morgan fingerprint density at radius 2 is 1.89 bits per heavy atom. The van der Waals surface area contributed by atoms with E-state index in [2.05, 4.69) is 5.32 Å². The van der Waals surface area contributed by atoms with Crippen molar-refractivity contribution >= 4 is 17.6 Å². The van der Waals surface area contributed by atoms with Gasteiger partial charge < -0.3 is 14.5 Å². The zero-order valence-electron chi connectivity index (χ0n) is 15.4. The first-order valence-electron chi connectivity index (χ1n) is 8.97. The normalized spacial score (nSPS) is 10.5. The van der Waals surface area contributed by atoms with E-state index < -0.39 is 5.91 Å². The second-order valence-corrected chi connectivity index (χ2v) is 6.13. The van der Waals surface area contributed by atoms with Gasteiger partial charge in [-0.3, -0.25) is 9.59 Å². The SMILES string of the molecule is CCOC(=O)CCc1cccc(NC(=O)c2ccc(-c3cccc(F)c3)o2)c1. The van der Waals surface area contributed by atoms with E-state index in [0.29, 0.717) is 30.0 Å². The molecule has 0 saturated carbocycles. The number of hydrogen-bond acceptors (Lipinski definition) is 4. The molecule has 6 heteroatoms. The zero-order valence-corrected chi connectivity index (χ0v) is 15.4. The average molecular weight is 381 g/mol. The van der Waals surface area contributed by atoms with Gasteiger partial charge in [0.05, 0.1) is 6.61 Å². The van der Waals surface area contributed by atoms with Gasteiger partial charge in [0.25, 0.3) is 5.91 Å². The Morgan fingerprint density at radius 3 is 2.68 bits per heavy atom.